The fourth-order valence-electron chi connectivity index (χ4n) is 3.19. The summed E-state index contributed by atoms with van der Waals surface area (Å²) in [7, 11) is 1.65. The van der Waals surface area contributed by atoms with Crippen molar-refractivity contribution in [3.63, 3.8) is 0 Å². The highest BCUT2D eigenvalue weighted by Gasteiger charge is 2.27. The average Bonchev–Trinajstić information content (AvgIpc) is 2.96. The van der Waals surface area contributed by atoms with Gasteiger partial charge in [0, 0.05) is 11.1 Å². The molecule has 24 heavy (non-hydrogen) atoms. The molecule has 3 rings (SSSR count). The predicted octanol–water partition coefficient (Wildman–Crippen LogP) is 3.84. The van der Waals surface area contributed by atoms with Gasteiger partial charge in [0.25, 0.3) is 0 Å². The first-order chi connectivity index (χ1) is 11.6. The summed E-state index contributed by atoms with van der Waals surface area (Å²) in [6.45, 7) is 2.92. The van der Waals surface area contributed by atoms with Gasteiger partial charge in [-0.25, -0.2) is 4.98 Å². The van der Waals surface area contributed by atoms with Crippen LogP contribution in [0.4, 0.5) is 0 Å². The highest BCUT2D eigenvalue weighted by molar-refractivity contribution is 5.56. The van der Waals surface area contributed by atoms with Crippen molar-refractivity contribution in [2.24, 2.45) is 5.73 Å². The third kappa shape index (κ3) is 3.97. The number of oxazole rings is 1. The highest BCUT2D eigenvalue weighted by atomic mass is 16.5. The fraction of sp³-hybridized carbons (Fsp3) is 0.526. The number of benzene rings is 1. The maximum absolute atomic E-state index is 6.41. The zero-order chi connectivity index (χ0) is 17.0. The summed E-state index contributed by atoms with van der Waals surface area (Å²) in [5.41, 5.74) is 7.95. The molecule has 5 heteroatoms. The fourth-order valence-corrected chi connectivity index (χ4v) is 3.19. The Morgan fingerprint density at radius 2 is 2.04 bits per heavy atom. The van der Waals surface area contributed by atoms with E-state index in [0.29, 0.717) is 19.1 Å². The normalized spacial score (nSPS) is 17.0. The van der Waals surface area contributed by atoms with Gasteiger partial charge in [0.05, 0.1) is 20.3 Å². The molecule has 0 aliphatic heterocycles. The quantitative estimate of drug-likeness (QED) is 0.871. The molecule has 0 saturated heterocycles. The molecule has 2 aromatic rings. The van der Waals surface area contributed by atoms with Crippen LogP contribution in [0.3, 0.4) is 0 Å². The van der Waals surface area contributed by atoms with E-state index < -0.39 is 0 Å². The lowest BCUT2D eigenvalue weighted by Crippen LogP contribution is -2.46. The van der Waals surface area contributed by atoms with Gasteiger partial charge < -0.3 is 19.6 Å². The van der Waals surface area contributed by atoms with Crippen molar-refractivity contribution < 1.29 is 13.9 Å². The van der Waals surface area contributed by atoms with E-state index in [1.807, 2.05) is 31.2 Å². The minimum Gasteiger partial charge on any atom is -0.497 e. The van der Waals surface area contributed by atoms with Crippen LogP contribution in [-0.2, 0) is 11.3 Å². The molecule has 1 saturated carbocycles. The van der Waals surface area contributed by atoms with Crippen molar-refractivity contribution in [2.45, 2.75) is 51.2 Å². The third-order valence-electron chi connectivity index (χ3n) is 4.69. The van der Waals surface area contributed by atoms with Crippen LogP contribution in [-0.4, -0.2) is 24.2 Å². The Kier molecular flexibility index (Phi) is 5.21. The number of methoxy groups -OCH3 is 1. The largest absolute Gasteiger partial charge is 0.497 e. The van der Waals surface area contributed by atoms with Gasteiger partial charge in [0.2, 0.25) is 5.89 Å². The van der Waals surface area contributed by atoms with Crippen molar-refractivity contribution in [3.05, 3.63) is 35.7 Å². The lowest BCUT2D eigenvalue weighted by atomic mass is 9.83. The molecule has 2 N–H and O–H groups in total. The first-order valence-electron chi connectivity index (χ1n) is 8.57. The topological polar surface area (TPSA) is 70.5 Å². The minimum atomic E-state index is -0.175. The van der Waals surface area contributed by atoms with E-state index in [1.54, 1.807) is 7.11 Å². The molecular weight excluding hydrogens is 304 g/mol. The monoisotopic (exact) mass is 330 g/mol. The molecule has 1 aliphatic rings. The lowest BCUT2D eigenvalue weighted by molar-refractivity contribution is 0.0554. The smallest absolute Gasteiger partial charge is 0.226 e. The number of rotatable bonds is 6. The summed E-state index contributed by atoms with van der Waals surface area (Å²) < 4.78 is 16.9. The summed E-state index contributed by atoms with van der Waals surface area (Å²) in [6, 6.07) is 7.68. The van der Waals surface area contributed by atoms with Crippen LogP contribution in [0.2, 0.25) is 0 Å². The van der Waals surface area contributed by atoms with Gasteiger partial charge in [-0.05, 0) is 38.0 Å². The Morgan fingerprint density at radius 3 is 2.79 bits per heavy atom. The Hall–Kier alpha value is -1.85. The van der Waals surface area contributed by atoms with Crippen LogP contribution in [0, 0.1) is 6.92 Å². The van der Waals surface area contributed by atoms with Crippen LogP contribution in [0.1, 0.15) is 43.6 Å². The molecule has 0 spiro atoms. The van der Waals surface area contributed by atoms with Gasteiger partial charge in [0.15, 0.2) is 0 Å². The second kappa shape index (κ2) is 7.36. The molecule has 0 atom stereocenters. The van der Waals surface area contributed by atoms with Crippen LogP contribution >= 0.6 is 0 Å². The first-order valence-corrected chi connectivity index (χ1v) is 8.57. The summed E-state index contributed by atoms with van der Waals surface area (Å²) in [5.74, 6) is 2.15. The second-order valence-corrected chi connectivity index (χ2v) is 6.67. The van der Waals surface area contributed by atoms with Gasteiger partial charge in [-0.3, -0.25) is 0 Å². The van der Waals surface area contributed by atoms with Crippen LogP contribution in [0.15, 0.2) is 28.7 Å². The van der Waals surface area contributed by atoms with E-state index in [-0.39, 0.29) is 5.54 Å². The number of hydrogen-bond acceptors (Lipinski definition) is 5. The van der Waals surface area contributed by atoms with Crippen LogP contribution in [0.5, 0.6) is 5.75 Å². The maximum atomic E-state index is 6.41. The first kappa shape index (κ1) is 17.0. The van der Waals surface area contributed by atoms with E-state index in [1.165, 1.54) is 19.3 Å². The molecule has 1 heterocycles. The summed E-state index contributed by atoms with van der Waals surface area (Å²) in [6.07, 6.45) is 5.76. The van der Waals surface area contributed by atoms with Gasteiger partial charge in [-0.2, -0.15) is 0 Å². The Morgan fingerprint density at radius 1 is 1.25 bits per heavy atom. The molecule has 0 bridgehead atoms. The zero-order valence-corrected chi connectivity index (χ0v) is 14.5. The molecule has 1 aromatic carbocycles. The molecule has 1 aromatic heterocycles. The number of ether oxygens (including phenoxy) is 2. The minimum absolute atomic E-state index is 0.175. The molecule has 1 fully saturated rings. The number of aryl methyl sites for hydroxylation is 1. The van der Waals surface area contributed by atoms with Crippen molar-refractivity contribution in [1.29, 1.82) is 0 Å². The molecule has 1 aliphatic carbocycles. The standard InChI is InChI=1S/C19H26N2O3/c1-14-17(12-23-13-19(20)9-4-3-5-10-19)21-18(24-14)15-7-6-8-16(11-15)22-2/h6-8,11H,3-5,9-10,12-13,20H2,1-2H3. The zero-order valence-electron chi connectivity index (χ0n) is 14.5. The van der Waals surface area contributed by atoms with Gasteiger partial charge in [-0.15, -0.1) is 0 Å². The Balaban J connectivity index is 1.63. The Bertz CT molecular complexity index is 675. The SMILES string of the molecule is COc1cccc(-c2nc(COCC3(N)CCCCC3)c(C)o2)c1. The van der Waals surface area contributed by atoms with Gasteiger partial charge >= 0.3 is 0 Å². The predicted molar refractivity (Wildman–Crippen MR) is 92.9 cm³/mol. The highest BCUT2D eigenvalue weighted by Crippen LogP contribution is 2.28. The van der Waals surface area contributed by atoms with E-state index >= 15 is 0 Å². The van der Waals surface area contributed by atoms with Crippen molar-refractivity contribution in [2.75, 3.05) is 13.7 Å². The van der Waals surface area contributed by atoms with Crippen LogP contribution in [0.25, 0.3) is 11.5 Å². The summed E-state index contributed by atoms with van der Waals surface area (Å²) in [4.78, 5) is 4.57. The number of nitrogens with zero attached hydrogens (tertiary/aromatic N) is 1. The van der Waals surface area contributed by atoms with Gasteiger partial charge in [-0.1, -0.05) is 25.3 Å². The molecule has 0 amide bonds. The maximum Gasteiger partial charge on any atom is 0.226 e. The molecule has 0 unspecified atom stereocenters. The Labute approximate surface area is 143 Å². The van der Waals surface area contributed by atoms with Crippen LogP contribution < -0.4 is 10.5 Å². The van der Waals surface area contributed by atoms with E-state index in [4.69, 9.17) is 19.6 Å². The van der Waals surface area contributed by atoms with Crippen molar-refractivity contribution in [1.82, 2.24) is 4.98 Å². The van der Waals surface area contributed by atoms with Crippen molar-refractivity contribution >= 4 is 0 Å². The molecule has 5 nitrogen and oxygen atoms in total. The number of aromatic nitrogens is 1. The molecule has 0 radical (unpaired) electrons. The number of nitrogens with two attached hydrogens (primary N) is 1. The molecule has 130 valence electrons. The average molecular weight is 330 g/mol. The molecular formula is C19H26N2O3. The van der Waals surface area contributed by atoms with E-state index in [0.717, 1.165) is 35.6 Å². The number of hydrogen-bond donors (Lipinski definition) is 1. The van der Waals surface area contributed by atoms with E-state index in [2.05, 4.69) is 4.98 Å². The summed E-state index contributed by atoms with van der Waals surface area (Å²) in [5, 5.41) is 0. The van der Waals surface area contributed by atoms with Crippen molar-refractivity contribution in [3.8, 4) is 17.2 Å². The summed E-state index contributed by atoms with van der Waals surface area (Å²) >= 11 is 0. The third-order valence-corrected chi connectivity index (χ3v) is 4.69. The van der Waals surface area contributed by atoms with E-state index in [9.17, 15) is 0 Å². The second-order valence-electron chi connectivity index (χ2n) is 6.67. The lowest BCUT2D eigenvalue weighted by Gasteiger charge is -2.32. The van der Waals surface area contributed by atoms with Gasteiger partial charge in [0.1, 0.15) is 17.2 Å².